The quantitative estimate of drug-likeness (QED) is 0.738. The molecule has 0 atom stereocenters. The molecule has 0 bridgehead atoms. The third-order valence-electron chi connectivity index (χ3n) is 2.26. The van der Waals surface area contributed by atoms with Crippen LogP contribution in [0.25, 0.3) is 11.1 Å². The van der Waals surface area contributed by atoms with Crippen molar-refractivity contribution in [1.29, 1.82) is 5.26 Å². The molecule has 0 aliphatic heterocycles. The molecule has 0 heterocycles. The maximum Gasteiger partial charge on any atom is 0.0855 e. The molecule has 78 valence electrons. The van der Waals surface area contributed by atoms with Crippen LogP contribution in [0.2, 0.25) is 0 Å². The minimum absolute atomic E-state index is 0.505. The van der Waals surface area contributed by atoms with Gasteiger partial charge < -0.3 is 0 Å². The van der Waals surface area contributed by atoms with E-state index in [1.54, 1.807) is 11.8 Å². The molecule has 0 saturated heterocycles. The highest BCUT2D eigenvalue weighted by Gasteiger charge is 1.97. The smallest absolute Gasteiger partial charge is 0.0855 e. The first-order valence-electron chi connectivity index (χ1n) is 5.05. The minimum Gasteiger partial charge on any atom is -0.197 e. The summed E-state index contributed by atoms with van der Waals surface area (Å²) in [6, 6.07) is 20.7. The Morgan fingerprint density at radius 2 is 1.50 bits per heavy atom. The lowest BCUT2D eigenvalue weighted by Gasteiger charge is -2.02. The average molecular weight is 225 g/mol. The van der Waals surface area contributed by atoms with Crippen LogP contribution in [-0.4, -0.2) is 5.75 Å². The minimum atomic E-state index is 0.505. The fourth-order valence-electron chi connectivity index (χ4n) is 1.49. The zero-order valence-corrected chi connectivity index (χ0v) is 9.58. The number of benzene rings is 2. The Hall–Kier alpha value is -1.72. The molecule has 0 aliphatic carbocycles. The molecule has 0 aromatic heterocycles. The zero-order chi connectivity index (χ0) is 11.2. The van der Waals surface area contributed by atoms with Crippen molar-refractivity contribution >= 4 is 11.8 Å². The molecule has 2 heteroatoms. The summed E-state index contributed by atoms with van der Waals surface area (Å²) in [5, 5.41) is 8.49. The van der Waals surface area contributed by atoms with Crippen LogP contribution < -0.4 is 0 Å². The maximum absolute atomic E-state index is 8.49. The fourth-order valence-corrected chi connectivity index (χ4v) is 2.05. The topological polar surface area (TPSA) is 23.8 Å². The van der Waals surface area contributed by atoms with Gasteiger partial charge in [0.1, 0.15) is 0 Å². The molecule has 2 rings (SSSR count). The zero-order valence-electron chi connectivity index (χ0n) is 8.76. The Morgan fingerprint density at radius 3 is 2.12 bits per heavy atom. The average Bonchev–Trinajstić information content (AvgIpc) is 2.38. The number of rotatable bonds is 3. The summed E-state index contributed by atoms with van der Waals surface area (Å²) in [5.41, 5.74) is 2.43. The molecule has 16 heavy (non-hydrogen) atoms. The van der Waals surface area contributed by atoms with E-state index in [0.717, 1.165) is 4.90 Å². The highest BCUT2D eigenvalue weighted by Crippen LogP contribution is 2.23. The summed E-state index contributed by atoms with van der Waals surface area (Å²) in [4.78, 5) is 1.14. The largest absolute Gasteiger partial charge is 0.197 e. The first kappa shape index (κ1) is 10.8. The summed E-state index contributed by atoms with van der Waals surface area (Å²) in [5.74, 6) is 0.505. The standard InChI is InChI=1S/C14H11NS/c15-10-11-16-14-8-6-13(7-9-14)12-4-2-1-3-5-12/h1-9H,11H2. The molecule has 0 saturated carbocycles. The van der Waals surface area contributed by atoms with Crippen molar-refractivity contribution in [2.75, 3.05) is 5.75 Å². The Morgan fingerprint density at radius 1 is 0.875 bits per heavy atom. The van der Waals surface area contributed by atoms with Crippen LogP contribution in [0, 0.1) is 11.3 Å². The molecule has 2 aromatic carbocycles. The second-order valence-electron chi connectivity index (χ2n) is 3.34. The molecular formula is C14H11NS. The number of nitrogens with zero attached hydrogens (tertiary/aromatic N) is 1. The third-order valence-corrected chi connectivity index (χ3v) is 3.14. The van der Waals surface area contributed by atoms with Gasteiger partial charge in [-0.15, -0.1) is 11.8 Å². The second kappa shape index (κ2) is 5.39. The highest BCUT2D eigenvalue weighted by atomic mass is 32.2. The second-order valence-corrected chi connectivity index (χ2v) is 4.39. The van der Waals surface area contributed by atoms with Gasteiger partial charge in [-0.3, -0.25) is 0 Å². The molecule has 0 N–H and O–H groups in total. The predicted octanol–water partition coefficient (Wildman–Crippen LogP) is 3.97. The molecule has 2 aromatic rings. The van der Waals surface area contributed by atoms with Crippen molar-refractivity contribution in [3.05, 3.63) is 54.6 Å². The van der Waals surface area contributed by atoms with Gasteiger partial charge in [0.25, 0.3) is 0 Å². The molecule has 0 aliphatic rings. The maximum atomic E-state index is 8.49. The van der Waals surface area contributed by atoms with Gasteiger partial charge in [-0.2, -0.15) is 5.26 Å². The van der Waals surface area contributed by atoms with Crippen LogP contribution in [0.4, 0.5) is 0 Å². The fraction of sp³-hybridized carbons (Fsp3) is 0.0714. The van der Waals surface area contributed by atoms with E-state index in [1.807, 2.05) is 18.2 Å². The Kier molecular flexibility index (Phi) is 3.63. The third kappa shape index (κ3) is 2.65. The SMILES string of the molecule is N#CCSc1ccc(-c2ccccc2)cc1. The van der Waals surface area contributed by atoms with E-state index in [-0.39, 0.29) is 0 Å². The number of hydrogen-bond donors (Lipinski definition) is 0. The van der Waals surface area contributed by atoms with Crippen molar-refractivity contribution in [3.63, 3.8) is 0 Å². The summed E-state index contributed by atoms with van der Waals surface area (Å²) >= 11 is 1.56. The van der Waals surface area contributed by atoms with E-state index >= 15 is 0 Å². The van der Waals surface area contributed by atoms with Gasteiger partial charge in [-0.05, 0) is 23.3 Å². The molecule has 1 nitrogen and oxygen atoms in total. The van der Waals surface area contributed by atoms with Gasteiger partial charge in [-0.1, -0.05) is 42.5 Å². The van der Waals surface area contributed by atoms with Gasteiger partial charge in [0.05, 0.1) is 11.8 Å². The number of thioether (sulfide) groups is 1. The highest BCUT2D eigenvalue weighted by molar-refractivity contribution is 7.99. The van der Waals surface area contributed by atoms with Crippen LogP contribution in [-0.2, 0) is 0 Å². The summed E-state index contributed by atoms with van der Waals surface area (Å²) < 4.78 is 0. The Labute approximate surface area is 99.7 Å². The first-order valence-corrected chi connectivity index (χ1v) is 6.04. The molecule has 0 unspecified atom stereocenters. The first-order chi connectivity index (χ1) is 7.90. The molecule has 0 spiro atoms. The Balaban J connectivity index is 2.17. The number of hydrogen-bond acceptors (Lipinski definition) is 2. The van der Waals surface area contributed by atoms with Crippen molar-refractivity contribution in [3.8, 4) is 17.2 Å². The Bertz CT molecular complexity index is 482. The van der Waals surface area contributed by atoms with Crippen LogP contribution in [0.15, 0.2) is 59.5 Å². The summed E-state index contributed by atoms with van der Waals surface area (Å²) in [6.45, 7) is 0. The normalized spacial score (nSPS) is 9.69. The van der Waals surface area contributed by atoms with Crippen molar-refractivity contribution in [2.45, 2.75) is 4.90 Å². The van der Waals surface area contributed by atoms with E-state index in [2.05, 4.69) is 42.5 Å². The molecule has 0 radical (unpaired) electrons. The van der Waals surface area contributed by atoms with Gasteiger partial charge in [0.15, 0.2) is 0 Å². The molecular weight excluding hydrogens is 214 g/mol. The van der Waals surface area contributed by atoms with E-state index in [0.29, 0.717) is 5.75 Å². The van der Waals surface area contributed by atoms with Crippen molar-refractivity contribution in [1.82, 2.24) is 0 Å². The predicted molar refractivity (Wildman–Crippen MR) is 68.2 cm³/mol. The summed E-state index contributed by atoms with van der Waals surface area (Å²) in [6.07, 6.45) is 0. The lowest BCUT2D eigenvalue weighted by atomic mass is 10.1. The van der Waals surface area contributed by atoms with Crippen molar-refractivity contribution < 1.29 is 0 Å². The van der Waals surface area contributed by atoms with Gasteiger partial charge in [0, 0.05) is 4.90 Å². The summed E-state index contributed by atoms with van der Waals surface area (Å²) in [7, 11) is 0. The van der Waals surface area contributed by atoms with E-state index in [4.69, 9.17) is 5.26 Å². The van der Waals surface area contributed by atoms with Gasteiger partial charge in [-0.25, -0.2) is 0 Å². The number of nitriles is 1. The van der Waals surface area contributed by atoms with Crippen LogP contribution in [0.5, 0.6) is 0 Å². The van der Waals surface area contributed by atoms with E-state index < -0.39 is 0 Å². The van der Waals surface area contributed by atoms with E-state index in [9.17, 15) is 0 Å². The van der Waals surface area contributed by atoms with Crippen molar-refractivity contribution in [2.24, 2.45) is 0 Å². The van der Waals surface area contributed by atoms with E-state index in [1.165, 1.54) is 11.1 Å². The lowest BCUT2D eigenvalue weighted by Crippen LogP contribution is -1.78. The van der Waals surface area contributed by atoms with Gasteiger partial charge in [0.2, 0.25) is 0 Å². The van der Waals surface area contributed by atoms with Crippen LogP contribution in [0.3, 0.4) is 0 Å². The lowest BCUT2D eigenvalue weighted by molar-refractivity contribution is 1.44. The molecule has 0 amide bonds. The monoisotopic (exact) mass is 225 g/mol. The van der Waals surface area contributed by atoms with Crippen LogP contribution >= 0.6 is 11.8 Å². The van der Waals surface area contributed by atoms with Gasteiger partial charge >= 0.3 is 0 Å². The molecule has 0 fully saturated rings. The van der Waals surface area contributed by atoms with Crippen LogP contribution in [0.1, 0.15) is 0 Å².